The van der Waals surface area contributed by atoms with E-state index in [9.17, 15) is 4.79 Å². The molecule has 20 heavy (non-hydrogen) atoms. The molecule has 0 unspecified atom stereocenters. The second-order valence-electron chi connectivity index (χ2n) is 5.37. The van der Waals surface area contributed by atoms with Gasteiger partial charge in [0.25, 0.3) is 0 Å². The lowest BCUT2D eigenvalue weighted by Crippen LogP contribution is -2.00. The lowest BCUT2D eigenvalue weighted by molar-refractivity contribution is -0.116. The molecule has 1 rings (SSSR count). The number of hydrogen-bond donors (Lipinski definition) is 0. The van der Waals surface area contributed by atoms with E-state index in [2.05, 4.69) is 19.1 Å². The molecule has 1 aromatic carbocycles. The van der Waals surface area contributed by atoms with E-state index in [0.29, 0.717) is 11.5 Å². The van der Waals surface area contributed by atoms with Crippen LogP contribution >= 0.6 is 11.8 Å². The van der Waals surface area contributed by atoms with Crippen molar-refractivity contribution < 1.29 is 4.79 Å². The number of thioether (sulfide) groups is 1. The van der Waals surface area contributed by atoms with Crippen LogP contribution in [0.25, 0.3) is 0 Å². The van der Waals surface area contributed by atoms with Crippen molar-refractivity contribution in [2.45, 2.75) is 69.6 Å². The second-order valence-corrected chi connectivity index (χ2v) is 6.41. The molecule has 112 valence electrons. The topological polar surface area (TPSA) is 17.1 Å². The highest BCUT2D eigenvalue weighted by Crippen LogP contribution is 2.18. The van der Waals surface area contributed by atoms with Gasteiger partial charge in [-0.3, -0.25) is 4.79 Å². The normalized spacial score (nSPS) is 10.7. The van der Waals surface area contributed by atoms with Gasteiger partial charge in [-0.25, -0.2) is 0 Å². The summed E-state index contributed by atoms with van der Waals surface area (Å²) in [5.74, 6) is 1.02. The van der Waals surface area contributed by atoms with Crippen molar-refractivity contribution in [1.29, 1.82) is 0 Å². The van der Waals surface area contributed by atoms with Gasteiger partial charge in [-0.15, -0.1) is 11.8 Å². The molecule has 0 aliphatic carbocycles. The zero-order chi connectivity index (χ0) is 14.5. The van der Waals surface area contributed by atoms with Crippen LogP contribution in [-0.4, -0.2) is 11.5 Å². The van der Waals surface area contributed by atoms with Gasteiger partial charge in [0.05, 0.1) is 5.75 Å². The predicted molar refractivity (Wildman–Crippen MR) is 89.4 cm³/mol. The molecule has 0 fully saturated rings. The summed E-state index contributed by atoms with van der Waals surface area (Å²) in [6.07, 6.45) is 11.1. The fraction of sp³-hybridized carbons (Fsp3) is 0.611. The fourth-order valence-corrected chi connectivity index (χ4v) is 3.03. The third-order valence-electron chi connectivity index (χ3n) is 3.45. The van der Waals surface area contributed by atoms with Crippen LogP contribution in [0.5, 0.6) is 0 Å². The molecule has 0 saturated carbocycles. The van der Waals surface area contributed by atoms with Gasteiger partial charge < -0.3 is 0 Å². The summed E-state index contributed by atoms with van der Waals surface area (Å²) in [4.78, 5) is 13.0. The van der Waals surface area contributed by atoms with E-state index >= 15 is 0 Å². The molecule has 1 aromatic rings. The smallest absolute Gasteiger partial charge is 0.143 e. The summed E-state index contributed by atoms with van der Waals surface area (Å²) < 4.78 is 0. The maximum atomic E-state index is 11.8. The van der Waals surface area contributed by atoms with E-state index in [0.717, 1.165) is 12.8 Å². The standard InChI is InChI=1S/C18H28OS/c1-2-3-4-5-6-7-8-10-13-17(19)16-20-18-14-11-9-12-15-18/h9,11-12,14-15H,2-8,10,13,16H2,1H3. The van der Waals surface area contributed by atoms with E-state index in [4.69, 9.17) is 0 Å². The van der Waals surface area contributed by atoms with E-state index in [1.54, 1.807) is 11.8 Å². The van der Waals surface area contributed by atoms with Crippen LogP contribution in [0.3, 0.4) is 0 Å². The molecule has 0 N–H and O–H groups in total. The van der Waals surface area contributed by atoms with Crippen molar-refractivity contribution in [3.05, 3.63) is 30.3 Å². The van der Waals surface area contributed by atoms with Crippen molar-refractivity contribution >= 4 is 17.5 Å². The Morgan fingerprint density at radius 1 is 0.900 bits per heavy atom. The van der Waals surface area contributed by atoms with E-state index in [1.165, 1.54) is 49.8 Å². The van der Waals surface area contributed by atoms with Gasteiger partial charge in [0.15, 0.2) is 0 Å². The van der Waals surface area contributed by atoms with Crippen molar-refractivity contribution in [3.63, 3.8) is 0 Å². The lowest BCUT2D eigenvalue weighted by atomic mass is 10.1. The summed E-state index contributed by atoms with van der Waals surface area (Å²) in [5.41, 5.74) is 0. The Bertz CT molecular complexity index is 348. The van der Waals surface area contributed by atoms with Gasteiger partial charge in [-0.1, -0.05) is 70.1 Å². The Labute approximate surface area is 128 Å². The zero-order valence-corrected chi connectivity index (χ0v) is 13.6. The quantitative estimate of drug-likeness (QED) is 0.353. The summed E-state index contributed by atoms with van der Waals surface area (Å²) in [6, 6.07) is 10.2. The monoisotopic (exact) mass is 292 g/mol. The summed E-state index contributed by atoms with van der Waals surface area (Å²) in [7, 11) is 0. The maximum absolute atomic E-state index is 11.8. The number of unbranched alkanes of at least 4 members (excludes halogenated alkanes) is 7. The average Bonchev–Trinajstić information content (AvgIpc) is 2.49. The second kappa shape index (κ2) is 12.0. The van der Waals surface area contributed by atoms with E-state index in [1.807, 2.05) is 18.2 Å². The molecular formula is C18H28OS. The highest BCUT2D eigenvalue weighted by molar-refractivity contribution is 8.00. The SMILES string of the molecule is CCCCCCCCCCC(=O)CSc1ccccc1. The predicted octanol–water partition coefficient (Wildman–Crippen LogP) is 5.88. The molecule has 0 saturated heterocycles. The van der Waals surface area contributed by atoms with Crippen molar-refractivity contribution in [1.82, 2.24) is 0 Å². The maximum Gasteiger partial charge on any atom is 0.143 e. The number of benzene rings is 1. The first-order chi connectivity index (χ1) is 9.83. The minimum absolute atomic E-state index is 0.393. The Morgan fingerprint density at radius 2 is 1.50 bits per heavy atom. The van der Waals surface area contributed by atoms with Crippen molar-refractivity contribution in [2.24, 2.45) is 0 Å². The van der Waals surface area contributed by atoms with Gasteiger partial charge >= 0.3 is 0 Å². The molecular weight excluding hydrogens is 264 g/mol. The van der Waals surface area contributed by atoms with Crippen LogP contribution in [-0.2, 0) is 4.79 Å². The first-order valence-corrected chi connectivity index (χ1v) is 9.01. The number of rotatable bonds is 12. The molecule has 0 atom stereocenters. The van der Waals surface area contributed by atoms with Crippen LogP contribution in [0.2, 0.25) is 0 Å². The molecule has 0 heterocycles. The van der Waals surface area contributed by atoms with E-state index in [-0.39, 0.29) is 0 Å². The molecule has 1 nitrogen and oxygen atoms in total. The van der Waals surface area contributed by atoms with Gasteiger partial charge in [0.2, 0.25) is 0 Å². The Kier molecular flexibility index (Phi) is 10.4. The zero-order valence-electron chi connectivity index (χ0n) is 12.8. The minimum Gasteiger partial charge on any atom is -0.299 e. The summed E-state index contributed by atoms with van der Waals surface area (Å²) in [6.45, 7) is 2.25. The third-order valence-corrected chi connectivity index (χ3v) is 4.52. The fourth-order valence-electron chi connectivity index (χ4n) is 2.21. The first-order valence-electron chi connectivity index (χ1n) is 8.02. The Balaban J connectivity index is 1.93. The number of ketones is 1. The number of carbonyl (C=O) groups excluding carboxylic acids is 1. The molecule has 0 spiro atoms. The van der Waals surface area contributed by atoms with Gasteiger partial charge in [-0.2, -0.15) is 0 Å². The lowest BCUT2D eigenvalue weighted by Gasteiger charge is -2.02. The summed E-state index contributed by atoms with van der Waals surface area (Å²) in [5, 5.41) is 0. The highest BCUT2D eigenvalue weighted by Gasteiger charge is 2.03. The minimum atomic E-state index is 0.393. The van der Waals surface area contributed by atoms with Crippen LogP contribution in [0.4, 0.5) is 0 Å². The third kappa shape index (κ3) is 9.19. The molecule has 0 aliphatic heterocycles. The first kappa shape index (κ1) is 17.3. The molecule has 2 heteroatoms. The van der Waals surface area contributed by atoms with Crippen molar-refractivity contribution in [2.75, 3.05) is 5.75 Å². The number of carbonyl (C=O) groups is 1. The average molecular weight is 292 g/mol. The largest absolute Gasteiger partial charge is 0.299 e. The van der Waals surface area contributed by atoms with Crippen LogP contribution in [0.15, 0.2) is 35.2 Å². The Hall–Kier alpha value is -0.760. The molecule has 0 bridgehead atoms. The summed E-state index contributed by atoms with van der Waals surface area (Å²) >= 11 is 1.66. The van der Waals surface area contributed by atoms with Crippen LogP contribution in [0, 0.1) is 0 Å². The van der Waals surface area contributed by atoms with Crippen molar-refractivity contribution in [3.8, 4) is 0 Å². The van der Waals surface area contributed by atoms with Crippen LogP contribution in [0.1, 0.15) is 64.7 Å². The van der Waals surface area contributed by atoms with E-state index < -0.39 is 0 Å². The molecule has 0 aliphatic rings. The molecule has 0 aromatic heterocycles. The van der Waals surface area contributed by atoms with Gasteiger partial charge in [-0.05, 0) is 18.6 Å². The molecule has 0 amide bonds. The highest BCUT2D eigenvalue weighted by atomic mass is 32.2. The van der Waals surface area contributed by atoms with Gasteiger partial charge in [0.1, 0.15) is 5.78 Å². The van der Waals surface area contributed by atoms with Gasteiger partial charge in [0, 0.05) is 11.3 Å². The number of hydrogen-bond acceptors (Lipinski definition) is 2. The van der Waals surface area contributed by atoms with Crippen LogP contribution < -0.4 is 0 Å². The number of Topliss-reactive ketones (excluding diaryl/α,β-unsaturated/α-hetero) is 1. The Morgan fingerprint density at radius 3 is 2.15 bits per heavy atom. The molecule has 0 radical (unpaired) electrons.